The molecule has 0 amide bonds. The van der Waals surface area contributed by atoms with Gasteiger partial charge in [0.05, 0.1) is 0 Å². The molecular weight excluding hydrogens is 220 g/mol. The van der Waals surface area contributed by atoms with Gasteiger partial charge in [-0.2, -0.15) is 0 Å². The lowest BCUT2D eigenvalue weighted by molar-refractivity contribution is 0.0462. The van der Waals surface area contributed by atoms with Crippen molar-refractivity contribution in [1.82, 2.24) is 10.2 Å². The van der Waals surface area contributed by atoms with Gasteiger partial charge in [0, 0.05) is 31.2 Å². The largest absolute Gasteiger partial charge is 0.309 e. The van der Waals surface area contributed by atoms with Crippen LogP contribution >= 0.6 is 0 Å². The molecule has 3 aliphatic rings. The minimum absolute atomic E-state index is 0.497. The maximum absolute atomic E-state index is 3.87. The molecule has 18 heavy (non-hydrogen) atoms. The van der Waals surface area contributed by atoms with Gasteiger partial charge in [0.25, 0.3) is 0 Å². The highest BCUT2D eigenvalue weighted by Crippen LogP contribution is 2.34. The van der Waals surface area contributed by atoms with Crippen molar-refractivity contribution in [2.45, 2.75) is 76.3 Å². The molecule has 0 aromatic carbocycles. The number of nitrogens with zero attached hydrogens (tertiary/aromatic N) is 1. The van der Waals surface area contributed by atoms with Crippen molar-refractivity contribution in [3.05, 3.63) is 0 Å². The molecule has 2 saturated carbocycles. The van der Waals surface area contributed by atoms with E-state index in [1.54, 1.807) is 0 Å². The Morgan fingerprint density at radius 2 is 1.89 bits per heavy atom. The minimum Gasteiger partial charge on any atom is -0.309 e. The molecule has 104 valence electrons. The van der Waals surface area contributed by atoms with Crippen molar-refractivity contribution < 1.29 is 0 Å². The molecule has 2 aliphatic carbocycles. The molecule has 3 rings (SSSR count). The van der Waals surface area contributed by atoms with Crippen LogP contribution in [-0.2, 0) is 0 Å². The van der Waals surface area contributed by atoms with E-state index in [2.05, 4.69) is 17.1 Å². The van der Waals surface area contributed by atoms with Crippen molar-refractivity contribution in [1.29, 1.82) is 0 Å². The van der Waals surface area contributed by atoms with E-state index in [1.165, 1.54) is 77.4 Å². The summed E-state index contributed by atoms with van der Waals surface area (Å²) in [6.07, 6.45) is 13.0. The SMILES string of the molecule is CC1CCCC(N2CCNC3(CCCCC3)C2)C1. The number of piperazine rings is 1. The van der Waals surface area contributed by atoms with Crippen LogP contribution in [0.5, 0.6) is 0 Å². The fourth-order valence-corrected chi connectivity index (χ4v) is 4.60. The first kappa shape index (κ1) is 12.9. The Morgan fingerprint density at radius 3 is 2.67 bits per heavy atom. The average molecular weight is 250 g/mol. The zero-order chi connectivity index (χ0) is 12.4. The lowest BCUT2D eigenvalue weighted by atomic mass is 9.78. The summed E-state index contributed by atoms with van der Waals surface area (Å²) in [5, 5.41) is 3.87. The van der Waals surface area contributed by atoms with Crippen LogP contribution in [0.1, 0.15) is 64.7 Å². The predicted molar refractivity (Wildman–Crippen MR) is 76.8 cm³/mol. The predicted octanol–water partition coefficient (Wildman–Crippen LogP) is 3.17. The van der Waals surface area contributed by atoms with Crippen molar-refractivity contribution in [2.75, 3.05) is 19.6 Å². The third-order valence-electron chi connectivity index (χ3n) is 5.64. The molecule has 1 heterocycles. The molecule has 1 saturated heterocycles. The first-order chi connectivity index (χ1) is 8.77. The highest BCUT2D eigenvalue weighted by atomic mass is 15.2. The van der Waals surface area contributed by atoms with Crippen LogP contribution in [0, 0.1) is 5.92 Å². The standard InChI is InChI=1S/C16H30N2/c1-14-6-5-7-15(12-14)18-11-10-17-16(13-18)8-3-2-4-9-16/h14-15,17H,2-13H2,1H3. The van der Waals surface area contributed by atoms with Gasteiger partial charge >= 0.3 is 0 Å². The van der Waals surface area contributed by atoms with Gasteiger partial charge in [0.1, 0.15) is 0 Å². The van der Waals surface area contributed by atoms with Gasteiger partial charge in [-0.3, -0.25) is 4.90 Å². The van der Waals surface area contributed by atoms with E-state index in [4.69, 9.17) is 0 Å². The second-order valence-corrected chi connectivity index (χ2v) is 7.16. The van der Waals surface area contributed by atoms with Gasteiger partial charge in [0.2, 0.25) is 0 Å². The average Bonchev–Trinajstić information content (AvgIpc) is 2.40. The lowest BCUT2D eigenvalue weighted by Gasteiger charge is -2.49. The summed E-state index contributed by atoms with van der Waals surface area (Å²) in [6, 6.07) is 0.898. The van der Waals surface area contributed by atoms with Crippen molar-refractivity contribution in [3.63, 3.8) is 0 Å². The van der Waals surface area contributed by atoms with E-state index in [1.807, 2.05) is 0 Å². The summed E-state index contributed by atoms with van der Waals surface area (Å²) in [7, 11) is 0. The van der Waals surface area contributed by atoms with Gasteiger partial charge < -0.3 is 5.32 Å². The molecule has 0 aromatic rings. The molecule has 2 heteroatoms. The van der Waals surface area contributed by atoms with Gasteiger partial charge in [-0.15, -0.1) is 0 Å². The molecule has 1 N–H and O–H groups in total. The Labute approximate surface area is 113 Å². The van der Waals surface area contributed by atoms with Gasteiger partial charge in [0.15, 0.2) is 0 Å². The lowest BCUT2D eigenvalue weighted by Crippen LogP contribution is -2.63. The first-order valence-electron chi connectivity index (χ1n) is 8.27. The summed E-state index contributed by atoms with van der Waals surface area (Å²) < 4.78 is 0. The first-order valence-corrected chi connectivity index (χ1v) is 8.27. The Kier molecular flexibility index (Phi) is 3.95. The second-order valence-electron chi connectivity index (χ2n) is 7.16. The Hall–Kier alpha value is -0.0800. The highest BCUT2D eigenvalue weighted by Gasteiger charge is 2.38. The van der Waals surface area contributed by atoms with E-state index >= 15 is 0 Å². The number of hydrogen-bond donors (Lipinski definition) is 1. The molecule has 0 aromatic heterocycles. The number of nitrogens with one attached hydrogen (secondary N) is 1. The maximum Gasteiger partial charge on any atom is 0.0309 e. The van der Waals surface area contributed by atoms with E-state index in [-0.39, 0.29) is 0 Å². The van der Waals surface area contributed by atoms with Crippen LogP contribution in [0.15, 0.2) is 0 Å². The van der Waals surface area contributed by atoms with Crippen LogP contribution in [0.2, 0.25) is 0 Å². The molecule has 2 atom stereocenters. The Bertz CT molecular complexity index is 265. The molecule has 2 unspecified atom stereocenters. The monoisotopic (exact) mass is 250 g/mol. The molecule has 1 aliphatic heterocycles. The van der Waals surface area contributed by atoms with Crippen LogP contribution in [-0.4, -0.2) is 36.1 Å². The summed E-state index contributed by atoms with van der Waals surface area (Å²) >= 11 is 0. The van der Waals surface area contributed by atoms with E-state index in [9.17, 15) is 0 Å². The van der Waals surface area contributed by atoms with Crippen LogP contribution in [0.25, 0.3) is 0 Å². The molecular formula is C16H30N2. The number of rotatable bonds is 1. The van der Waals surface area contributed by atoms with Crippen LogP contribution < -0.4 is 5.32 Å². The second kappa shape index (κ2) is 5.50. The fourth-order valence-electron chi connectivity index (χ4n) is 4.60. The smallest absolute Gasteiger partial charge is 0.0309 e. The van der Waals surface area contributed by atoms with Crippen LogP contribution in [0.4, 0.5) is 0 Å². The third kappa shape index (κ3) is 2.75. The normalized spacial score (nSPS) is 37.8. The molecule has 2 nitrogen and oxygen atoms in total. The van der Waals surface area contributed by atoms with Gasteiger partial charge in [-0.25, -0.2) is 0 Å². The van der Waals surface area contributed by atoms with E-state index in [0.29, 0.717) is 5.54 Å². The van der Waals surface area contributed by atoms with Gasteiger partial charge in [-0.1, -0.05) is 39.0 Å². The molecule has 1 spiro atoms. The molecule has 3 fully saturated rings. The van der Waals surface area contributed by atoms with Crippen LogP contribution in [0.3, 0.4) is 0 Å². The summed E-state index contributed by atoms with van der Waals surface area (Å²) in [5.74, 6) is 0.959. The van der Waals surface area contributed by atoms with E-state index < -0.39 is 0 Å². The topological polar surface area (TPSA) is 15.3 Å². The van der Waals surface area contributed by atoms with Crippen molar-refractivity contribution in [3.8, 4) is 0 Å². The summed E-state index contributed by atoms with van der Waals surface area (Å²) in [4.78, 5) is 2.84. The zero-order valence-corrected chi connectivity index (χ0v) is 12.1. The minimum atomic E-state index is 0.497. The highest BCUT2D eigenvalue weighted by molar-refractivity contribution is 4.98. The number of hydrogen-bond acceptors (Lipinski definition) is 2. The maximum atomic E-state index is 3.87. The summed E-state index contributed by atoms with van der Waals surface area (Å²) in [6.45, 7) is 6.30. The Balaban J connectivity index is 1.62. The third-order valence-corrected chi connectivity index (χ3v) is 5.64. The zero-order valence-electron chi connectivity index (χ0n) is 12.1. The van der Waals surface area contributed by atoms with E-state index in [0.717, 1.165) is 12.0 Å². The molecule has 0 radical (unpaired) electrons. The van der Waals surface area contributed by atoms with Gasteiger partial charge in [-0.05, 0) is 31.6 Å². The Morgan fingerprint density at radius 1 is 1.06 bits per heavy atom. The summed E-state index contributed by atoms with van der Waals surface area (Å²) in [5.41, 5.74) is 0.497. The molecule has 0 bridgehead atoms. The van der Waals surface area contributed by atoms with Crippen molar-refractivity contribution in [2.24, 2.45) is 5.92 Å². The van der Waals surface area contributed by atoms with Crippen molar-refractivity contribution >= 4 is 0 Å². The quantitative estimate of drug-likeness (QED) is 0.769. The fraction of sp³-hybridized carbons (Fsp3) is 1.00.